The number of amides is 2. The molecular formula is C44H38N4O11. The summed E-state index contributed by atoms with van der Waals surface area (Å²) in [6.07, 6.45) is 3.19. The highest BCUT2D eigenvalue weighted by Crippen LogP contribution is 2.64. The number of hydrogen-bond acceptors (Lipinski definition) is 12. The zero-order valence-electron chi connectivity index (χ0n) is 32.4. The second kappa shape index (κ2) is 14.3. The fourth-order valence-electron chi connectivity index (χ4n) is 10.0. The van der Waals surface area contributed by atoms with E-state index in [1.807, 2.05) is 6.08 Å². The molecule has 1 saturated carbocycles. The van der Waals surface area contributed by atoms with Crippen LogP contribution in [-0.4, -0.2) is 66.6 Å². The molecule has 3 aliphatic carbocycles. The van der Waals surface area contributed by atoms with Crippen LogP contribution in [0.3, 0.4) is 0 Å². The molecular weight excluding hydrogens is 761 g/mol. The van der Waals surface area contributed by atoms with E-state index < -0.39 is 68.0 Å². The van der Waals surface area contributed by atoms with Crippen LogP contribution >= 0.6 is 0 Å². The monoisotopic (exact) mass is 798 g/mol. The Bertz CT molecular complexity index is 2490. The number of imide groups is 1. The number of anilines is 2. The number of ether oxygens (including phenoxy) is 2. The minimum absolute atomic E-state index is 0.0170. The van der Waals surface area contributed by atoms with E-state index in [0.29, 0.717) is 22.3 Å². The zero-order chi connectivity index (χ0) is 42.1. The van der Waals surface area contributed by atoms with Gasteiger partial charge < -0.3 is 19.5 Å². The third-order valence-corrected chi connectivity index (χ3v) is 12.4. The van der Waals surface area contributed by atoms with Gasteiger partial charge in [-0.2, -0.15) is 0 Å². The predicted octanol–water partition coefficient (Wildman–Crippen LogP) is 6.32. The lowest BCUT2D eigenvalue weighted by Gasteiger charge is -2.55. The van der Waals surface area contributed by atoms with Crippen LogP contribution in [0.25, 0.3) is 5.57 Å². The number of nitro benzene ring substituents is 2. The standard InChI is InChI=1S/C44H38N4O11/c1-45(2)39-32(47(54)55)19-26(20-33(39)48(56)57)46-42(52)28-16-15-27-30(37(28)43(46)53)21-31-40(50)29(23-11-7-5-8-12-23)22-36(49)44(31,25-13-9-6-10-14-25)38(27)24-17-34(58-3)41(51)35(18-24)59-4/h5-15,17-20,22,28,30-31,37-38,51H,16,21H2,1-4H3. The van der Waals surface area contributed by atoms with Gasteiger partial charge in [-0.15, -0.1) is 0 Å². The number of aromatic hydroxyl groups is 1. The molecule has 0 bridgehead atoms. The molecule has 300 valence electrons. The van der Waals surface area contributed by atoms with Crippen molar-refractivity contribution in [3.8, 4) is 17.2 Å². The Morgan fingerprint density at radius 3 is 1.93 bits per heavy atom. The summed E-state index contributed by atoms with van der Waals surface area (Å²) in [6.45, 7) is 0. The Labute approximate surface area is 337 Å². The molecule has 1 saturated heterocycles. The number of phenolic OH excluding ortho intramolecular Hbond substituents is 1. The summed E-state index contributed by atoms with van der Waals surface area (Å²) < 4.78 is 11.1. The van der Waals surface area contributed by atoms with Crippen molar-refractivity contribution in [2.45, 2.75) is 24.2 Å². The van der Waals surface area contributed by atoms with E-state index >= 15 is 9.59 Å². The molecule has 4 aliphatic rings. The number of fused-ring (bicyclic) bond motifs is 4. The van der Waals surface area contributed by atoms with Crippen LogP contribution in [0.15, 0.2) is 103 Å². The number of benzene rings is 4. The Kier molecular flexibility index (Phi) is 9.41. The van der Waals surface area contributed by atoms with E-state index in [1.54, 1.807) is 72.8 Å². The molecule has 15 nitrogen and oxygen atoms in total. The molecule has 15 heteroatoms. The van der Waals surface area contributed by atoms with Crippen molar-refractivity contribution in [3.63, 3.8) is 0 Å². The maximum Gasteiger partial charge on any atom is 0.301 e. The van der Waals surface area contributed by atoms with Crippen LogP contribution in [0.4, 0.5) is 22.7 Å². The smallest absolute Gasteiger partial charge is 0.301 e. The van der Waals surface area contributed by atoms with E-state index in [9.17, 15) is 34.9 Å². The van der Waals surface area contributed by atoms with E-state index in [2.05, 4.69) is 0 Å². The summed E-state index contributed by atoms with van der Waals surface area (Å²) >= 11 is 0. The zero-order valence-corrected chi connectivity index (χ0v) is 32.4. The average molecular weight is 799 g/mol. The van der Waals surface area contributed by atoms with Gasteiger partial charge in [-0.05, 0) is 53.7 Å². The van der Waals surface area contributed by atoms with Gasteiger partial charge >= 0.3 is 11.4 Å². The SMILES string of the molecule is COc1cc(C2C3=CCC4C(=O)N(c5cc([N+](=O)[O-])c(N(C)C)c([N+](=O)[O-])c5)C(=O)C4C3CC3C(=O)C(c4ccccc4)=CC(=O)C32c2ccccc2)cc(OC)c1O. The highest BCUT2D eigenvalue weighted by Gasteiger charge is 2.66. The van der Waals surface area contributed by atoms with E-state index in [-0.39, 0.29) is 58.6 Å². The third kappa shape index (κ3) is 5.70. The van der Waals surface area contributed by atoms with Crippen molar-refractivity contribution < 1.29 is 43.6 Å². The van der Waals surface area contributed by atoms with Crippen LogP contribution in [0.2, 0.25) is 0 Å². The summed E-state index contributed by atoms with van der Waals surface area (Å²) in [5.41, 5.74) is -1.24. The Morgan fingerprint density at radius 1 is 0.814 bits per heavy atom. The number of methoxy groups -OCH3 is 2. The number of carbonyl (C=O) groups excluding carboxylic acids is 4. The van der Waals surface area contributed by atoms with Crippen LogP contribution in [-0.2, 0) is 24.6 Å². The van der Waals surface area contributed by atoms with Gasteiger partial charge in [-0.25, -0.2) is 4.90 Å². The number of allylic oxidation sites excluding steroid dienone is 4. The fourth-order valence-corrected chi connectivity index (χ4v) is 10.0. The first-order valence-corrected chi connectivity index (χ1v) is 18.8. The van der Waals surface area contributed by atoms with Crippen LogP contribution in [0.1, 0.15) is 35.4 Å². The summed E-state index contributed by atoms with van der Waals surface area (Å²) in [6, 6.07) is 22.8. The van der Waals surface area contributed by atoms with Gasteiger partial charge in [0.1, 0.15) is 0 Å². The lowest BCUT2D eigenvalue weighted by Crippen LogP contribution is -2.58. The van der Waals surface area contributed by atoms with Crippen LogP contribution in [0.5, 0.6) is 17.2 Å². The van der Waals surface area contributed by atoms with Crippen molar-refractivity contribution >= 4 is 51.7 Å². The highest BCUT2D eigenvalue weighted by molar-refractivity contribution is 6.32. The summed E-state index contributed by atoms with van der Waals surface area (Å²) in [4.78, 5) is 84.9. The third-order valence-electron chi connectivity index (χ3n) is 12.4. The summed E-state index contributed by atoms with van der Waals surface area (Å²) in [7, 11) is 5.55. The summed E-state index contributed by atoms with van der Waals surface area (Å²) in [5, 5.41) is 35.6. The molecule has 6 unspecified atom stereocenters. The Morgan fingerprint density at radius 2 is 1.39 bits per heavy atom. The molecule has 59 heavy (non-hydrogen) atoms. The Balaban J connectivity index is 1.36. The van der Waals surface area contributed by atoms with Crippen molar-refractivity contribution in [2.75, 3.05) is 38.1 Å². The molecule has 0 aromatic heterocycles. The molecule has 0 radical (unpaired) electrons. The van der Waals surface area contributed by atoms with Crippen LogP contribution in [0, 0.1) is 43.9 Å². The molecule has 1 aliphatic heterocycles. The van der Waals surface area contributed by atoms with Gasteiger partial charge in [0, 0.05) is 43.6 Å². The largest absolute Gasteiger partial charge is 0.502 e. The number of nitro groups is 2. The molecule has 8 rings (SSSR count). The number of nitrogens with zero attached hydrogens (tertiary/aromatic N) is 4. The van der Waals surface area contributed by atoms with Gasteiger partial charge in [0.15, 0.2) is 28.8 Å². The average Bonchev–Trinajstić information content (AvgIpc) is 3.49. The second-order valence-corrected chi connectivity index (χ2v) is 15.3. The first-order valence-electron chi connectivity index (χ1n) is 18.8. The Hall–Kier alpha value is -7.16. The first kappa shape index (κ1) is 38.7. The van der Waals surface area contributed by atoms with Crippen molar-refractivity contribution in [1.29, 1.82) is 0 Å². The number of carbonyl (C=O) groups is 4. The number of rotatable bonds is 9. The van der Waals surface area contributed by atoms with Crippen LogP contribution < -0.4 is 19.3 Å². The highest BCUT2D eigenvalue weighted by atomic mass is 16.6. The van der Waals surface area contributed by atoms with Gasteiger partial charge in [0.25, 0.3) is 0 Å². The lowest BCUT2D eigenvalue weighted by molar-refractivity contribution is -0.392. The molecule has 6 atom stereocenters. The predicted molar refractivity (Wildman–Crippen MR) is 214 cm³/mol. The second-order valence-electron chi connectivity index (χ2n) is 15.3. The molecule has 1 N–H and O–H groups in total. The van der Waals surface area contributed by atoms with E-state index in [1.165, 1.54) is 39.3 Å². The molecule has 4 aromatic rings. The molecule has 1 heterocycles. The number of ketones is 2. The molecule has 0 spiro atoms. The number of Topliss-reactive ketones (excluding diaryl/α,β-unsaturated/α-hetero) is 1. The first-order chi connectivity index (χ1) is 28.3. The quantitative estimate of drug-likeness (QED) is 0.0857. The minimum Gasteiger partial charge on any atom is -0.502 e. The maximum atomic E-state index is 15.3. The summed E-state index contributed by atoms with van der Waals surface area (Å²) in [5.74, 6) is -7.35. The van der Waals surface area contributed by atoms with Crippen molar-refractivity contribution in [3.05, 3.63) is 140 Å². The number of hydrogen-bond donors (Lipinski definition) is 1. The normalized spacial score (nSPS) is 24.7. The molecule has 4 aromatic carbocycles. The van der Waals surface area contributed by atoms with Gasteiger partial charge in [-0.1, -0.05) is 72.3 Å². The maximum absolute atomic E-state index is 15.3. The van der Waals surface area contributed by atoms with Gasteiger partial charge in [0.05, 0.1) is 47.0 Å². The number of phenols is 1. The van der Waals surface area contributed by atoms with Gasteiger partial charge in [-0.3, -0.25) is 39.4 Å². The van der Waals surface area contributed by atoms with E-state index in [0.717, 1.165) is 17.0 Å². The lowest BCUT2D eigenvalue weighted by atomic mass is 9.44. The molecule has 2 amide bonds. The van der Waals surface area contributed by atoms with Crippen molar-refractivity contribution in [1.82, 2.24) is 0 Å². The topological polar surface area (TPSA) is 200 Å². The van der Waals surface area contributed by atoms with E-state index in [4.69, 9.17) is 9.47 Å². The minimum atomic E-state index is -1.59. The molecule has 2 fully saturated rings. The van der Waals surface area contributed by atoms with Crippen molar-refractivity contribution in [2.24, 2.45) is 23.7 Å². The fraction of sp³-hybridized carbons (Fsp3) is 0.273. The van der Waals surface area contributed by atoms with Gasteiger partial charge in [0.2, 0.25) is 17.6 Å².